The van der Waals surface area contributed by atoms with E-state index in [0.29, 0.717) is 42.0 Å². The molecule has 0 spiro atoms. The van der Waals surface area contributed by atoms with Gasteiger partial charge in [0.15, 0.2) is 17.3 Å². The second-order valence-corrected chi connectivity index (χ2v) is 10.7. The third-order valence-electron chi connectivity index (χ3n) is 7.74. The van der Waals surface area contributed by atoms with Crippen LogP contribution in [-0.4, -0.2) is 49.9 Å². The summed E-state index contributed by atoms with van der Waals surface area (Å²) >= 11 is 6.37. The van der Waals surface area contributed by atoms with Crippen LogP contribution < -0.4 is 14.8 Å². The predicted molar refractivity (Wildman–Crippen MR) is 150 cm³/mol. The van der Waals surface area contributed by atoms with Gasteiger partial charge in [0.25, 0.3) is 0 Å². The number of ketones is 1. The predicted octanol–water partition coefficient (Wildman–Crippen LogP) is 5.54. The fourth-order valence-electron chi connectivity index (χ4n) is 5.82. The molecule has 1 saturated heterocycles. The van der Waals surface area contributed by atoms with Crippen molar-refractivity contribution in [3.8, 4) is 17.2 Å². The maximum absolute atomic E-state index is 13.9. The minimum absolute atomic E-state index is 0.0335. The molecule has 0 bridgehead atoms. The Kier molecular flexibility index (Phi) is 8.38. The van der Waals surface area contributed by atoms with E-state index in [2.05, 4.69) is 5.32 Å². The number of carbonyl (C=O) groups excluding carboxylic acids is 2. The van der Waals surface area contributed by atoms with E-state index in [0.717, 1.165) is 29.9 Å². The van der Waals surface area contributed by atoms with Crippen LogP contribution in [-0.2, 0) is 19.1 Å². The fourth-order valence-corrected chi connectivity index (χ4v) is 6.04. The van der Waals surface area contributed by atoms with E-state index in [4.69, 9.17) is 30.5 Å². The maximum Gasteiger partial charge on any atom is 0.336 e. The van der Waals surface area contributed by atoms with E-state index in [1.54, 1.807) is 12.1 Å². The SMILES string of the molecule is CCOc1ccc([C@H]2CC(=O)C3=C(C2)NC(C)=C(C(=O)OC[C@@H]2CCCO2)[C@@H]3c2cc(Cl)c(O)c(OC)c2)cc1. The Morgan fingerprint density at radius 1 is 1.18 bits per heavy atom. The van der Waals surface area contributed by atoms with Gasteiger partial charge < -0.3 is 29.4 Å². The molecule has 5 rings (SSSR count). The number of rotatable bonds is 8. The van der Waals surface area contributed by atoms with Crippen molar-refractivity contribution in [2.45, 2.75) is 57.5 Å². The number of carbonyl (C=O) groups is 2. The van der Waals surface area contributed by atoms with Crippen LogP contribution in [0.2, 0.25) is 5.02 Å². The minimum Gasteiger partial charge on any atom is -0.503 e. The molecule has 2 aromatic rings. The zero-order chi connectivity index (χ0) is 28.4. The zero-order valence-corrected chi connectivity index (χ0v) is 23.7. The molecule has 2 aliphatic heterocycles. The standard InChI is InChI=1S/C31H34ClNO7/c1-4-38-21-9-7-18(8-10-21)19-13-24-29(25(34)14-19)28(20-12-23(32)30(35)26(15-20)37-3)27(17(2)33-24)31(36)40-16-22-6-5-11-39-22/h7-10,12,15,19,22,28,33,35H,4-6,11,13-14,16H2,1-3H3/t19-,22+,28+/m1/s1. The number of dihydropyridines is 1. The molecule has 0 radical (unpaired) electrons. The summed E-state index contributed by atoms with van der Waals surface area (Å²) in [6, 6.07) is 11.0. The molecular formula is C31H34ClNO7. The number of esters is 1. The topological polar surface area (TPSA) is 103 Å². The zero-order valence-electron chi connectivity index (χ0n) is 22.9. The summed E-state index contributed by atoms with van der Waals surface area (Å²) in [5.74, 6) is -0.636. The minimum atomic E-state index is -0.742. The Balaban J connectivity index is 1.52. The van der Waals surface area contributed by atoms with Crippen molar-refractivity contribution in [1.29, 1.82) is 0 Å². The summed E-state index contributed by atoms with van der Waals surface area (Å²) in [4.78, 5) is 27.5. The molecule has 9 heteroatoms. The third kappa shape index (κ3) is 5.56. The molecule has 0 unspecified atom stereocenters. The Morgan fingerprint density at radius 2 is 1.95 bits per heavy atom. The molecule has 0 aromatic heterocycles. The van der Waals surface area contributed by atoms with Crippen LogP contribution in [0.1, 0.15) is 62.5 Å². The number of phenols is 1. The Hall–Kier alpha value is -3.49. The second-order valence-electron chi connectivity index (χ2n) is 10.3. The maximum atomic E-state index is 13.9. The molecule has 2 heterocycles. The molecule has 2 N–H and O–H groups in total. The highest BCUT2D eigenvalue weighted by Gasteiger charge is 2.42. The molecule has 3 atom stereocenters. The summed E-state index contributed by atoms with van der Waals surface area (Å²) in [6.45, 7) is 5.12. The lowest BCUT2D eigenvalue weighted by Crippen LogP contribution is -2.36. The number of phenolic OH excluding ortho intramolecular Hbond substituents is 1. The van der Waals surface area contributed by atoms with Gasteiger partial charge in [-0.1, -0.05) is 23.7 Å². The van der Waals surface area contributed by atoms with E-state index >= 15 is 0 Å². The van der Waals surface area contributed by atoms with Crippen LogP contribution in [0, 0.1) is 0 Å². The monoisotopic (exact) mass is 567 g/mol. The first-order valence-corrected chi connectivity index (χ1v) is 14.0. The van der Waals surface area contributed by atoms with E-state index in [1.807, 2.05) is 38.1 Å². The van der Waals surface area contributed by atoms with Gasteiger partial charge in [-0.2, -0.15) is 0 Å². The van der Waals surface area contributed by atoms with E-state index < -0.39 is 11.9 Å². The largest absolute Gasteiger partial charge is 0.503 e. The lowest BCUT2D eigenvalue weighted by atomic mass is 9.71. The lowest BCUT2D eigenvalue weighted by molar-refractivity contribution is -0.142. The van der Waals surface area contributed by atoms with E-state index in [1.165, 1.54) is 7.11 Å². The molecule has 1 fully saturated rings. The number of benzene rings is 2. The molecule has 2 aromatic carbocycles. The molecular weight excluding hydrogens is 534 g/mol. The Morgan fingerprint density at radius 3 is 2.62 bits per heavy atom. The summed E-state index contributed by atoms with van der Waals surface area (Å²) < 4.78 is 22.3. The van der Waals surface area contributed by atoms with Crippen molar-refractivity contribution in [1.82, 2.24) is 5.32 Å². The van der Waals surface area contributed by atoms with Gasteiger partial charge in [-0.3, -0.25) is 4.79 Å². The Bertz CT molecular complexity index is 1360. The number of halogens is 1. The van der Waals surface area contributed by atoms with Crippen LogP contribution in [0.15, 0.2) is 58.9 Å². The number of allylic oxidation sites excluding steroid dienone is 3. The number of methoxy groups -OCH3 is 1. The first-order valence-electron chi connectivity index (χ1n) is 13.6. The number of nitrogens with one attached hydrogen (secondary N) is 1. The van der Waals surface area contributed by atoms with Gasteiger partial charge >= 0.3 is 5.97 Å². The average molecular weight is 568 g/mol. The van der Waals surface area contributed by atoms with Crippen molar-refractivity contribution >= 4 is 23.4 Å². The number of ether oxygens (including phenoxy) is 4. The molecule has 0 saturated carbocycles. The van der Waals surface area contributed by atoms with Gasteiger partial charge in [0.05, 0.1) is 30.4 Å². The highest BCUT2D eigenvalue weighted by molar-refractivity contribution is 6.32. The molecule has 212 valence electrons. The first kappa shape index (κ1) is 28.1. The molecule has 40 heavy (non-hydrogen) atoms. The smallest absolute Gasteiger partial charge is 0.336 e. The summed E-state index contributed by atoms with van der Waals surface area (Å²) in [5.41, 5.74) is 3.79. The van der Waals surface area contributed by atoms with Crippen molar-refractivity contribution in [3.63, 3.8) is 0 Å². The normalized spacial score (nSPS) is 22.6. The second kappa shape index (κ2) is 11.9. The van der Waals surface area contributed by atoms with Gasteiger partial charge in [-0.05, 0) is 74.4 Å². The van der Waals surface area contributed by atoms with Crippen LogP contribution in [0.4, 0.5) is 0 Å². The van der Waals surface area contributed by atoms with Crippen LogP contribution in [0.25, 0.3) is 0 Å². The highest BCUT2D eigenvalue weighted by atomic mass is 35.5. The number of hydrogen-bond donors (Lipinski definition) is 2. The highest BCUT2D eigenvalue weighted by Crippen LogP contribution is 2.48. The number of Topliss-reactive ketones (excluding diaryl/α,β-unsaturated/α-hetero) is 1. The summed E-state index contributed by atoms with van der Waals surface area (Å²) in [6.07, 6.45) is 2.50. The molecule has 0 amide bonds. The molecule has 3 aliphatic rings. The summed E-state index contributed by atoms with van der Waals surface area (Å²) in [5, 5.41) is 13.8. The van der Waals surface area contributed by atoms with Gasteiger partial charge in [-0.15, -0.1) is 0 Å². The van der Waals surface area contributed by atoms with E-state index in [-0.39, 0.29) is 47.4 Å². The first-order chi connectivity index (χ1) is 19.3. The summed E-state index contributed by atoms with van der Waals surface area (Å²) in [7, 11) is 1.42. The van der Waals surface area contributed by atoms with Crippen LogP contribution in [0.3, 0.4) is 0 Å². The lowest BCUT2D eigenvalue weighted by Gasteiger charge is -2.37. The van der Waals surface area contributed by atoms with Crippen LogP contribution in [0.5, 0.6) is 17.2 Å². The average Bonchev–Trinajstić information content (AvgIpc) is 3.47. The van der Waals surface area contributed by atoms with Gasteiger partial charge in [-0.25, -0.2) is 4.79 Å². The van der Waals surface area contributed by atoms with Crippen molar-refractivity contribution in [2.24, 2.45) is 0 Å². The molecule has 8 nitrogen and oxygen atoms in total. The number of hydrogen-bond acceptors (Lipinski definition) is 8. The van der Waals surface area contributed by atoms with Crippen LogP contribution >= 0.6 is 11.6 Å². The van der Waals surface area contributed by atoms with E-state index in [9.17, 15) is 14.7 Å². The Labute approximate surface area is 238 Å². The van der Waals surface area contributed by atoms with Crippen molar-refractivity contribution < 1.29 is 33.6 Å². The molecule has 1 aliphatic carbocycles. The fraction of sp³-hybridized carbons (Fsp3) is 0.419. The quantitative estimate of drug-likeness (QED) is 0.401. The number of aromatic hydroxyl groups is 1. The van der Waals surface area contributed by atoms with Crippen molar-refractivity contribution in [2.75, 3.05) is 26.9 Å². The van der Waals surface area contributed by atoms with Gasteiger partial charge in [0, 0.05) is 35.9 Å². The van der Waals surface area contributed by atoms with Gasteiger partial charge in [0.1, 0.15) is 12.4 Å². The third-order valence-corrected chi connectivity index (χ3v) is 8.03. The van der Waals surface area contributed by atoms with Gasteiger partial charge in [0.2, 0.25) is 0 Å². The van der Waals surface area contributed by atoms with Crippen molar-refractivity contribution in [3.05, 3.63) is 75.1 Å².